The Morgan fingerprint density at radius 3 is 0.750 bits per heavy atom. The van der Waals surface area contributed by atoms with Gasteiger partial charge in [0.1, 0.15) is 0 Å². The molecule has 0 nitrogen and oxygen atoms in total. The quantitative estimate of drug-likeness (QED) is 0.523. The van der Waals surface area contributed by atoms with Crippen LogP contribution in [0.3, 0.4) is 0 Å². The maximum atomic E-state index is 11.9. The molecular weight excluding hydrogens is 262 g/mol. The Hall–Kier alpha value is -0.960. The minimum atomic E-state index is -6.23. The highest BCUT2D eigenvalue weighted by atomic mass is 19.4. The van der Waals surface area contributed by atoms with E-state index >= 15 is 0 Å². The third-order valence-electron chi connectivity index (χ3n) is 1.26. The van der Waals surface area contributed by atoms with E-state index in [0.29, 0.717) is 0 Å². The summed E-state index contributed by atoms with van der Waals surface area (Å²) in [4.78, 5) is 0. The summed E-state index contributed by atoms with van der Waals surface area (Å²) >= 11 is 0. The van der Waals surface area contributed by atoms with Crippen LogP contribution in [0.25, 0.3) is 0 Å². The normalized spacial score (nSPS) is 15.9. The summed E-state index contributed by atoms with van der Waals surface area (Å²) in [5, 5.41) is 0. The fourth-order valence-electron chi connectivity index (χ4n) is 0.398. The lowest BCUT2D eigenvalue weighted by Crippen LogP contribution is -2.38. The summed E-state index contributed by atoms with van der Waals surface area (Å²) in [6, 6.07) is 0. The minimum absolute atomic E-state index is 1.53. The topological polar surface area (TPSA) is 0 Å². The molecule has 0 saturated heterocycles. The zero-order valence-corrected chi connectivity index (χ0v) is 6.93. The van der Waals surface area contributed by atoms with Gasteiger partial charge in [-0.1, -0.05) is 0 Å². The maximum Gasteiger partial charge on any atom is 0.457 e. The highest BCUT2D eigenvalue weighted by molar-refractivity contribution is 5.07. The van der Waals surface area contributed by atoms with E-state index in [1.165, 1.54) is 0 Å². The Bertz CT molecular complexity index is 238. The van der Waals surface area contributed by atoms with Crippen LogP contribution in [-0.2, 0) is 0 Å². The van der Waals surface area contributed by atoms with Gasteiger partial charge in [-0.3, -0.25) is 0 Å². The molecule has 0 heterocycles. The second-order valence-corrected chi connectivity index (χ2v) is 2.57. The van der Waals surface area contributed by atoms with Gasteiger partial charge in [0, 0.05) is 0 Å². The van der Waals surface area contributed by atoms with Gasteiger partial charge < -0.3 is 0 Å². The van der Waals surface area contributed by atoms with Gasteiger partial charge in [-0.2, -0.15) is 43.9 Å². The lowest BCUT2D eigenvalue weighted by atomic mass is 10.2. The SMILES string of the molecule is FC(F)(F)C(F)(F)/C=C/C(F)(F)C(F)(F)F. The smallest absolute Gasteiger partial charge is 0.192 e. The first-order valence-electron chi connectivity index (χ1n) is 3.30. The Kier molecular flexibility index (Phi) is 3.58. The van der Waals surface area contributed by atoms with E-state index < -0.39 is 36.3 Å². The average Bonchev–Trinajstić information content (AvgIpc) is 1.97. The number of alkyl halides is 10. The zero-order valence-electron chi connectivity index (χ0n) is 6.93. The summed E-state index contributed by atoms with van der Waals surface area (Å²) in [6.07, 6.45) is -15.5. The van der Waals surface area contributed by atoms with Gasteiger partial charge in [0.15, 0.2) is 0 Å². The van der Waals surface area contributed by atoms with Crippen molar-refractivity contribution >= 4 is 0 Å². The fraction of sp³-hybridized carbons (Fsp3) is 0.667. The van der Waals surface area contributed by atoms with Crippen molar-refractivity contribution in [3.63, 3.8) is 0 Å². The van der Waals surface area contributed by atoms with Crippen LogP contribution in [0.5, 0.6) is 0 Å². The number of hydrogen-bond donors (Lipinski definition) is 0. The Labute approximate surface area is 81.5 Å². The zero-order chi connectivity index (χ0) is 13.4. The van der Waals surface area contributed by atoms with E-state index in [9.17, 15) is 43.9 Å². The van der Waals surface area contributed by atoms with E-state index in [-0.39, 0.29) is 0 Å². The van der Waals surface area contributed by atoms with Crippen molar-refractivity contribution in [1.82, 2.24) is 0 Å². The van der Waals surface area contributed by atoms with E-state index in [4.69, 9.17) is 0 Å². The van der Waals surface area contributed by atoms with Crippen LogP contribution in [0.4, 0.5) is 43.9 Å². The molecule has 0 aliphatic heterocycles. The molecule has 0 N–H and O–H groups in total. The third kappa shape index (κ3) is 3.27. The Morgan fingerprint density at radius 1 is 0.438 bits per heavy atom. The summed E-state index contributed by atoms with van der Waals surface area (Å²) in [6.45, 7) is 0. The third-order valence-corrected chi connectivity index (χ3v) is 1.26. The fourth-order valence-corrected chi connectivity index (χ4v) is 0.398. The molecule has 0 saturated carbocycles. The van der Waals surface area contributed by atoms with Crippen molar-refractivity contribution in [2.24, 2.45) is 0 Å². The monoisotopic (exact) mass is 264 g/mol. The number of halogens is 10. The highest BCUT2D eigenvalue weighted by Gasteiger charge is 2.59. The van der Waals surface area contributed by atoms with E-state index in [0.717, 1.165) is 0 Å². The predicted octanol–water partition coefficient (Wildman–Crippen LogP) is 3.94. The average molecular weight is 264 g/mol. The van der Waals surface area contributed by atoms with Crippen molar-refractivity contribution in [3.8, 4) is 0 Å². The second kappa shape index (κ2) is 3.81. The van der Waals surface area contributed by atoms with Crippen LogP contribution in [0.15, 0.2) is 12.2 Å². The summed E-state index contributed by atoms with van der Waals surface area (Å²) < 4.78 is 116. The molecule has 0 spiro atoms. The van der Waals surface area contributed by atoms with Crippen molar-refractivity contribution in [2.75, 3.05) is 0 Å². The second-order valence-electron chi connectivity index (χ2n) is 2.57. The first-order chi connectivity index (χ1) is 6.71. The van der Waals surface area contributed by atoms with Crippen molar-refractivity contribution in [3.05, 3.63) is 12.2 Å². The van der Waals surface area contributed by atoms with Crippen LogP contribution in [0, 0.1) is 0 Å². The van der Waals surface area contributed by atoms with E-state index in [1.54, 1.807) is 0 Å². The molecule has 10 heteroatoms. The highest BCUT2D eigenvalue weighted by Crippen LogP contribution is 2.40. The van der Waals surface area contributed by atoms with Crippen LogP contribution < -0.4 is 0 Å². The molecule has 0 fully saturated rings. The number of hydrogen-bond acceptors (Lipinski definition) is 0. The molecule has 0 aromatic rings. The number of rotatable bonds is 2. The van der Waals surface area contributed by atoms with Gasteiger partial charge in [-0.05, 0) is 12.2 Å². The van der Waals surface area contributed by atoms with Crippen molar-refractivity contribution in [1.29, 1.82) is 0 Å². The summed E-state index contributed by atoms with van der Waals surface area (Å²) in [5.41, 5.74) is 0. The predicted molar refractivity (Wildman–Crippen MR) is 31.1 cm³/mol. The van der Waals surface area contributed by atoms with Gasteiger partial charge in [0.25, 0.3) is 0 Å². The lowest BCUT2D eigenvalue weighted by Gasteiger charge is -2.18. The van der Waals surface area contributed by atoms with Crippen molar-refractivity contribution in [2.45, 2.75) is 24.2 Å². The van der Waals surface area contributed by atoms with E-state index in [2.05, 4.69) is 0 Å². The van der Waals surface area contributed by atoms with Crippen molar-refractivity contribution < 1.29 is 43.9 Å². The molecule has 0 aliphatic rings. The van der Waals surface area contributed by atoms with E-state index in [1.807, 2.05) is 0 Å². The molecule has 0 atom stereocenters. The molecule has 96 valence electrons. The standard InChI is InChI=1S/C6H2F10/c7-3(8,5(11,12)13)1-2-4(9,10)6(14,15)16/h1-2H/b2-1+. The van der Waals surface area contributed by atoms with Gasteiger partial charge in [-0.25, -0.2) is 0 Å². The van der Waals surface area contributed by atoms with Crippen LogP contribution in [0.2, 0.25) is 0 Å². The largest absolute Gasteiger partial charge is 0.457 e. The molecular formula is C6H2F10. The molecule has 0 aliphatic carbocycles. The molecule has 0 rings (SSSR count). The minimum Gasteiger partial charge on any atom is -0.192 e. The van der Waals surface area contributed by atoms with Gasteiger partial charge in [-0.15, -0.1) is 0 Å². The van der Waals surface area contributed by atoms with Gasteiger partial charge in [0.2, 0.25) is 0 Å². The van der Waals surface area contributed by atoms with Crippen LogP contribution in [-0.4, -0.2) is 24.2 Å². The van der Waals surface area contributed by atoms with Crippen LogP contribution >= 0.6 is 0 Å². The maximum absolute atomic E-state index is 11.9. The van der Waals surface area contributed by atoms with Gasteiger partial charge >= 0.3 is 24.2 Å². The molecule has 0 unspecified atom stereocenters. The molecule has 0 radical (unpaired) electrons. The summed E-state index contributed by atoms with van der Waals surface area (Å²) in [7, 11) is 0. The molecule has 0 amide bonds. The summed E-state index contributed by atoms with van der Waals surface area (Å²) in [5.74, 6) is -11.5. The molecule has 16 heavy (non-hydrogen) atoms. The Balaban J connectivity index is 5.01. The van der Waals surface area contributed by atoms with Gasteiger partial charge in [0.05, 0.1) is 0 Å². The molecule has 0 aromatic heterocycles. The Morgan fingerprint density at radius 2 is 0.625 bits per heavy atom. The number of allylic oxidation sites excluding steroid dienone is 2. The van der Waals surface area contributed by atoms with Crippen LogP contribution in [0.1, 0.15) is 0 Å². The molecule has 0 aromatic carbocycles. The lowest BCUT2D eigenvalue weighted by molar-refractivity contribution is -0.267. The molecule has 0 bridgehead atoms. The first-order valence-corrected chi connectivity index (χ1v) is 3.30. The first kappa shape index (κ1) is 15.0.